The Morgan fingerprint density at radius 2 is 2.00 bits per heavy atom. The van der Waals surface area contributed by atoms with Crippen molar-refractivity contribution in [2.45, 2.75) is 67.7 Å². The van der Waals surface area contributed by atoms with E-state index >= 15 is 0 Å². The lowest BCUT2D eigenvalue weighted by Crippen LogP contribution is -2.36. The minimum atomic E-state index is 0.494. The SMILES string of the molecule is CCCNC1CCC(OCC2Cc3ccccc3S2)CC1. The second kappa shape index (κ2) is 7.66. The van der Waals surface area contributed by atoms with Gasteiger partial charge in [0.25, 0.3) is 0 Å². The summed E-state index contributed by atoms with van der Waals surface area (Å²) in [5.74, 6) is 0. The zero-order valence-corrected chi connectivity index (χ0v) is 13.8. The van der Waals surface area contributed by atoms with Gasteiger partial charge < -0.3 is 10.1 Å². The fourth-order valence-electron chi connectivity index (χ4n) is 3.37. The molecule has 1 aliphatic heterocycles. The molecule has 2 nitrogen and oxygen atoms in total. The van der Waals surface area contributed by atoms with E-state index in [0.29, 0.717) is 11.4 Å². The molecule has 0 saturated heterocycles. The lowest BCUT2D eigenvalue weighted by Gasteiger charge is -2.29. The van der Waals surface area contributed by atoms with E-state index in [1.165, 1.54) is 49.0 Å². The normalized spacial score (nSPS) is 28.5. The third-order valence-corrected chi connectivity index (χ3v) is 5.88. The van der Waals surface area contributed by atoms with Crippen LogP contribution in [0.1, 0.15) is 44.6 Å². The summed E-state index contributed by atoms with van der Waals surface area (Å²) in [5, 5.41) is 4.26. The molecule has 1 aromatic rings. The third kappa shape index (κ3) is 4.24. The van der Waals surface area contributed by atoms with Crippen molar-refractivity contribution in [3.05, 3.63) is 29.8 Å². The molecule has 1 aliphatic carbocycles. The number of fused-ring (bicyclic) bond motifs is 1. The van der Waals surface area contributed by atoms with Crippen LogP contribution < -0.4 is 5.32 Å². The van der Waals surface area contributed by atoms with Gasteiger partial charge >= 0.3 is 0 Å². The Bertz CT molecular complexity index is 418. The molecule has 1 heterocycles. The van der Waals surface area contributed by atoms with Gasteiger partial charge in [-0.3, -0.25) is 0 Å². The molecule has 1 fully saturated rings. The predicted octanol–water partition coefficient (Wildman–Crippen LogP) is 4.03. The molecule has 0 bridgehead atoms. The summed E-state index contributed by atoms with van der Waals surface area (Å²) in [6.45, 7) is 4.31. The zero-order chi connectivity index (χ0) is 14.5. The van der Waals surface area contributed by atoms with Crippen LogP contribution >= 0.6 is 11.8 Å². The molecule has 0 radical (unpaired) electrons. The van der Waals surface area contributed by atoms with Crippen LogP contribution in [-0.2, 0) is 11.2 Å². The topological polar surface area (TPSA) is 21.3 Å². The number of rotatable bonds is 6. The number of nitrogens with one attached hydrogen (secondary N) is 1. The van der Waals surface area contributed by atoms with Gasteiger partial charge in [0.1, 0.15) is 0 Å². The van der Waals surface area contributed by atoms with Crippen molar-refractivity contribution >= 4 is 11.8 Å². The second-order valence-corrected chi connectivity index (χ2v) is 7.65. The van der Waals surface area contributed by atoms with E-state index in [1.54, 1.807) is 0 Å². The maximum Gasteiger partial charge on any atom is 0.0595 e. The number of benzene rings is 1. The molecule has 21 heavy (non-hydrogen) atoms. The minimum Gasteiger partial charge on any atom is -0.377 e. The van der Waals surface area contributed by atoms with Gasteiger partial charge in [-0.2, -0.15) is 0 Å². The van der Waals surface area contributed by atoms with Crippen LogP contribution in [0.3, 0.4) is 0 Å². The van der Waals surface area contributed by atoms with Crippen LogP contribution in [0.15, 0.2) is 29.2 Å². The highest BCUT2D eigenvalue weighted by Crippen LogP contribution is 2.37. The van der Waals surface area contributed by atoms with Gasteiger partial charge in [0, 0.05) is 16.2 Å². The highest BCUT2D eigenvalue weighted by atomic mass is 32.2. The molecule has 2 aliphatic rings. The molecule has 1 saturated carbocycles. The Morgan fingerprint density at radius 1 is 1.19 bits per heavy atom. The standard InChI is InChI=1S/C18H27NOS/c1-2-11-19-15-7-9-16(10-8-15)20-13-17-12-14-5-3-4-6-18(14)21-17/h3-6,15-17,19H,2,7-13H2,1H3. The molecular formula is C18H27NOS. The van der Waals surface area contributed by atoms with Crippen LogP contribution in [0, 0.1) is 0 Å². The molecule has 116 valence electrons. The first-order valence-electron chi connectivity index (χ1n) is 8.44. The van der Waals surface area contributed by atoms with E-state index in [1.807, 2.05) is 11.8 Å². The number of hydrogen-bond acceptors (Lipinski definition) is 3. The Balaban J connectivity index is 1.36. The van der Waals surface area contributed by atoms with Crippen molar-refractivity contribution in [3.63, 3.8) is 0 Å². The average Bonchev–Trinajstić information content (AvgIpc) is 2.95. The Kier molecular flexibility index (Phi) is 5.61. The van der Waals surface area contributed by atoms with Crippen molar-refractivity contribution in [1.29, 1.82) is 0 Å². The highest BCUT2D eigenvalue weighted by molar-refractivity contribution is 8.00. The maximum absolute atomic E-state index is 6.20. The quantitative estimate of drug-likeness (QED) is 0.857. The summed E-state index contributed by atoms with van der Waals surface area (Å²) >= 11 is 2.00. The summed E-state index contributed by atoms with van der Waals surface area (Å²) in [7, 11) is 0. The molecular weight excluding hydrogens is 278 g/mol. The fraction of sp³-hybridized carbons (Fsp3) is 0.667. The van der Waals surface area contributed by atoms with Gasteiger partial charge in [0.05, 0.1) is 12.7 Å². The van der Waals surface area contributed by atoms with Crippen molar-refractivity contribution in [1.82, 2.24) is 5.32 Å². The predicted molar refractivity (Wildman–Crippen MR) is 90.1 cm³/mol. The van der Waals surface area contributed by atoms with Gasteiger partial charge in [0.15, 0.2) is 0 Å². The maximum atomic E-state index is 6.20. The molecule has 1 N–H and O–H groups in total. The fourth-order valence-corrected chi connectivity index (χ4v) is 4.60. The second-order valence-electron chi connectivity index (χ2n) is 6.31. The largest absolute Gasteiger partial charge is 0.377 e. The van der Waals surface area contributed by atoms with Crippen LogP contribution in [0.2, 0.25) is 0 Å². The molecule has 0 spiro atoms. The van der Waals surface area contributed by atoms with Gasteiger partial charge in [-0.1, -0.05) is 25.1 Å². The van der Waals surface area contributed by atoms with E-state index in [4.69, 9.17) is 4.74 Å². The molecule has 0 aromatic heterocycles. The molecule has 1 atom stereocenters. The van der Waals surface area contributed by atoms with Crippen LogP contribution in [0.4, 0.5) is 0 Å². The first-order chi connectivity index (χ1) is 10.3. The molecule has 1 aromatic carbocycles. The number of ether oxygens (including phenoxy) is 1. The van der Waals surface area contributed by atoms with Gasteiger partial charge in [-0.15, -0.1) is 11.8 Å². The molecule has 0 amide bonds. The monoisotopic (exact) mass is 305 g/mol. The summed E-state index contributed by atoms with van der Waals surface area (Å²) < 4.78 is 6.20. The highest BCUT2D eigenvalue weighted by Gasteiger charge is 2.25. The van der Waals surface area contributed by atoms with Gasteiger partial charge in [-0.05, 0) is 56.7 Å². The lowest BCUT2D eigenvalue weighted by atomic mass is 9.93. The molecule has 1 unspecified atom stereocenters. The minimum absolute atomic E-state index is 0.494. The summed E-state index contributed by atoms with van der Waals surface area (Å²) in [6.07, 6.45) is 7.92. The number of hydrogen-bond donors (Lipinski definition) is 1. The van der Waals surface area contributed by atoms with Gasteiger partial charge in [0.2, 0.25) is 0 Å². The van der Waals surface area contributed by atoms with E-state index in [2.05, 4.69) is 36.5 Å². The van der Waals surface area contributed by atoms with Crippen LogP contribution in [0.5, 0.6) is 0 Å². The van der Waals surface area contributed by atoms with E-state index in [0.717, 1.165) is 19.2 Å². The molecule has 3 rings (SSSR count). The average molecular weight is 305 g/mol. The van der Waals surface area contributed by atoms with Crippen molar-refractivity contribution in [2.24, 2.45) is 0 Å². The summed E-state index contributed by atoms with van der Waals surface area (Å²) in [6, 6.07) is 9.51. The molecule has 3 heteroatoms. The Morgan fingerprint density at radius 3 is 2.76 bits per heavy atom. The number of thioether (sulfide) groups is 1. The van der Waals surface area contributed by atoms with E-state index in [9.17, 15) is 0 Å². The first kappa shape index (κ1) is 15.4. The Labute approximate surface area is 133 Å². The van der Waals surface area contributed by atoms with E-state index in [-0.39, 0.29) is 0 Å². The zero-order valence-electron chi connectivity index (χ0n) is 13.0. The van der Waals surface area contributed by atoms with Crippen molar-refractivity contribution in [3.8, 4) is 0 Å². The van der Waals surface area contributed by atoms with Gasteiger partial charge in [-0.25, -0.2) is 0 Å². The van der Waals surface area contributed by atoms with Crippen molar-refractivity contribution < 1.29 is 4.74 Å². The third-order valence-electron chi connectivity index (χ3n) is 4.59. The smallest absolute Gasteiger partial charge is 0.0595 e. The summed E-state index contributed by atoms with van der Waals surface area (Å²) in [4.78, 5) is 1.46. The summed E-state index contributed by atoms with van der Waals surface area (Å²) in [5.41, 5.74) is 1.50. The van der Waals surface area contributed by atoms with Crippen LogP contribution in [0.25, 0.3) is 0 Å². The van der Waals surface area contributed by atoms with Crippen molar-refractivity contribution in [2.75, 3.05) is 13.2 Å². The van der Waals surface area contributed by atoms with Crippen LogP contribution in [-0.4, -0.2) is 30.5 Å². The Hall–Kier alpha value is -0.510. The van der Waals surface area contributed by atoms with E-state index < -0.39 is 0 Å². The lowest BCUT2D eigenvalue weighted by molar-refractivity contribution is 0.0237. The first-order valence-corrected chi connectivity index (χ1v) is 9.32.